The Morgan fingerprint density at radius 2 is 2.00 bits per heavy atom. The summed E-state index contributed by atoms with van der Waals surface area (Å²) in [6, 6.07) is 2.53. The topological polar surface area (TPSA) is 95.5 Å². The molecular formula is C14H15FN2O4. The van der Waals surface area contributed by atoms with Gasteiger partial charge in [-0.05, 0) is 37.0 Å². The Hall–Kier alpha value is -2.44. The molecule has 1 aromatic carbocycles. The maximum absolute atomic E-state index is 13.5. The second-order valence-electron chi connectivity index (χ2n) is 5.00. The fourth-order valence-electron chi connectivity index (χ4n) is 1.99. The van der Waals surface area contributed by atoms with E-state index in [2.05, 4.69) is 10.6 Å². The predicted octanol–water partition coefficient (Wildman–Crippen LogP) is 1.38. The highest BCUT2D eigenvalue weighted by molar-refractivity contribution is 5.98. The van der Waals surface area contributed by atoms with Gasteiger partial charge in [-0.15, -0.1) is 0 Å². The Balaban J connectivity index is 2.15. The first kappa shape index (κ1) is 15.0. The average Bonchev–Trinajstić information content (AvgIpc) is 3.21. The van der Waals surface area contributed by atoms with Gasteiger partial charge in [0.1, 0.15) is 11.9 Å². The zero-order chi connectivity index (χ0) is 15.6. The number of amides is 2. The molecule has 112 valence electrons. The van der Waals surface area contributed by atoms with Crippen LogP contribution in [0.15, 0.2) is 18.2 Å². The lowest BCUT2D eigenvalue weighted by Gasteiger charge is -2.14. The van der Waals surface area contributed by atoms with Gasteiger partial charge in [-0.1, -0.05) is 0 Å². The van der Waals surface area contributed by atoms with Gasteiger partial charge in [-0.3, -0.25) is 9.59 Å². The molecule has 1 saturated carbocycles. The van der Waals surface area contributed by atoms with E-state index in [-0.39, 0.29) is 17.2 Å². The Morgan fingerprint density at radius 1 is 1.33 bits per heavy atom. The molecule has 1 aliphatic rings. The van der Waals surface area contributed by atoms with Gasteiger partial charge < -0.3 is 15.7 Å². The van der Waals surface area contributed by atoms with E-state index in [0.717, 1.165) is 18.9 Å². The second kappa shape index (κ2) is 5.90. The monoisotopic (exact) mass is 294 g/mol. The molecule has 0 aromatic heterocycles. The zero-order valence-electron chi connectivity index (χ0n) is 11.4. The molecular weight excluding hydrogens is 279 g/mol. The fraction of sp³-hybridized carbons (Fsp3) is 0.357. The van der Waals surface area contributed by atoms with Crippen molar-refractivity contribution in [3.05, 3.63) is 29.6 Å². The van der Waals surface area contributed by atoms with Crippen molar-refractivity contribution in [1.29, 1.82) is 0 Å². The molecule has 21 heavy (non-hydrogen) atoms. The highest BCUT2D eigenvalue weighted by Crippen LogP contribution is 2.33. The highest BCUT2D eigenvalue weighted by atomic mass is 19.1. The number of carboxylic acid groups (broad SMARTS) is 1. The lowest BCUT2D eigenvalue weighted by atomic mass is 10.1. The van der Waals surface area contributed by atoms with Gasteiger partial charge in [-0.2, -0.15) is 0 Å². The summed E-state index contributed by atoms with van der Waals surface area (Å²) in [6.45, 7) is 1.22. The van der Waals surface area contributed by atoms with E-state index >= 15 is 0 Å². The summed E-state index contributed by atoms with van der Waals surface area (Å²) in [4.78, 5) is 34.1. The van der Waals surface area contributed by atoms with Crippen molar-refractivity contribution in [1.82, 2.24) is 5.32 Å². The number of rotatable bonds is 5. The number of carbonyl (C=O) groups is 3. The molecule has 0 radical (unpaired) electrons. The van der Waals surface area contributed by atoms with Crippen molar-refractivity contribution >= 4 is 23.5 Å². The first-order valence-electron chi connectivity index (χ1n) is 6.49. The van der Waals surface area contributed by atoms with Gasteiger partial charge in [0.05, 0.1) is 5.69 Å². The molecule has 6 nitrogen and oxygen atoms in total. The average molecular weight is 294 g/mol. The van der Waals surface area contributed by atoms with Crippen molar-refractivity contribution in [2.24, 2.45) is 5.92 Å². The lowest BCUT2D eigenvalue weighted by molar-refractivity contribution is -0.139. The zero-order valence-corrected chi connectivity index (χ0v) is 11.4. The van der Waals surface area contributed by atoms with Crippen molar-refractivity contribution in [2.45, 2.75) is 25.8 Å². The molecule has 0 spiro atoms. The van der Waals surface area contributed by atoms with Crippen LogP contribution in [0.1, 0.15) is 30.1 Å². The SMILES string of the molecule is CC(=O)Nc1cc(C(=O)NC(C(=O)O)C2CC2)ccc1F. The fourth-order valence-corrected chi connectivity index (χ4v) is 1.99. The highest BCUT2D eigenvalue weighted by Gasteiger charge is 2.37. The summed E-state index contributed by atoms with van der Waals surface area (Å²) in [6.07, 6.45) is 1.52. The molecule has 2 amide bonds. The minimum atomic E-state index is -1.09. The summed E-state index contributed by atoms with van der Waals surface area (Å²) in [7, 11) is 0. The van der Waals surface area contributed by atoms with Crippen molar-refractivity contribution in [3.8, 4) is 0 Å². The van der Waals surface area contributed by atoms with Gasteiger partial charge in [-0.25, -0.2) is 9.18 Å². The number of benzene rings is 1. The third-order valence-electron chi connectivity index (χ3n) is 3.19. The van der Waals surface area contributed by atoms with E-state index in [1.807, 2.05) is 0 Å². The Morgan fingerprint density at radius 3 is 2.52 bits per heavy atom. The molecule has 1 atom stereocenters. The van der Waals surface area contributed by atoms with Gasteiger partial charge in [0.15, 0.2) is 0 Å². The maximum atomic E-state index is 13.5. The molecule has 0 heterocycles. The number of nitrogens with one attached hydrogen (secondary N) is 2. The molecule has 0 bridgehead atoms. The maximum Gasteiger partial charge on any atom is 0.326 e. The minimum Gasteiger partial charge on any atom is -0.480 e. The van der Waals surface area contributed by atoms with Crippen molar-refractivity contribution in [3.63, 3.8) is 0 Å². The Labute approximate surface area is 120 Å². The molecule has 3 N–H and O–H groups in total. The van der Waals surface area contributed by atoms with E-state index in [0.29, 0.717) is 0 Å². The molecule has 1 fully saturated rings. The van der Waals surface area contributed by atoms with Crippen LogP contribution in [-0.4, -0.2) is 28.9 Å². The number of aliphatic carboxylic acids is 1. The van der Waals surface area contributed by atoms with Gasteiger partial charge in [0.25, 0.3) is 5.91 Å². The minimum absolute atomic E-state index is 0.0540. The lowest BCUT2D eigenvalue weighted by Crippen LogP contribution is -2.42. The number of halogens is 1. The van der Waals surface area contributed by atoms with Crippen LogP contribution < -0.4 is 10.6 Å². The van der Waals surface area contributed by atoms with Gasteiger partial charge in [0.2, 0.25) is 5.91 Å². The summed E-state index contributed by atoms with van der Waals surface area (Å²) < 4.78 is 13.5. The van der Waals surface area contributed by atoms with Crippen LogP contribution in [0.25, 0.3) is 0 Å². The van der Waals surface area contributed by atoms with Crippen LogP contribution in [0.3, 0.4) is 0 Å². The van der Waals surface area contributed by atoms with Crippen LogP contribution in [0.5, 0.6) is 0 Å². The van der Waals surface area contributed by atoms with Crippen LogP contribution in [0, 0.1) is 11.7 Å². The van der Waals surface area contributed by atoms with E-state index in [1.165, 1.54) is 19.1 Å². The number of carboxylic acids is 1. The molecule has 1 unspecified atom stereocenters. The first-order valence-corrected chi connectivity index (χ1v) is 6.49. The largest absolute Gasteiger partial charge is 0.480 e. The second-order valence-corrected chi connectivity index (χ2v) is 5.00. The van der Waals surface area contributed by atoms with Gasteiger partial charge >= 0.3 is 5.97 Å². The molecule has 0 saturated heterocycles. The molecule has 7 heteroatoms. The van der Waals surface area contributed by atoms with E-state index < -0.39 is 29.6 Å². The number of hydrogen-bond donors (Lipinski definition) is 3. The number of carbonyl (C=O) groups excluding carboxylic acids is 2. The Bertz CT molecular complexity index is 599. The third kappa shape index (κ3) is 3.77. The molecule has 0 aliphatic heterocycles. The summed E-state index contributed by atoms with van der Waals surface area (Å²) in [5, 5.41) is 13.8. The quantitative estimate of drug-likeness (QED) is 0.764. The van der Waals surface area contributed by atoms with Crippen molar-refractivity contribution < 1.29 is 23.9 Å². The normalized spacial score (nSPS) is 15.1. The predicted molar refractivity (Wildman–Crippen MR) is 72.3 cm³/mol. The number of anilines is 1. The first-order chi connectivity index (χ1) is 9.88. The third-order valence-corrected chi connectivity index (χ3v) is 3.19. The summed E-state index contributed by atoms with van der Waals surface area (Å²) >= 11 is 0. The molecule has 1 aromatic rings. The molecule has 2 rings (SSSR count). The van der Waals surface area contributed by atoms with E-state index in [4.69, 9.17) is 5.11 Å². The van der Waals surface area contributed by atoms with Crippen LogP contribution in [-0.2, 0) is 9.59 Å². The summed E-state index contributed by atoms with van der Waals surface area (Å²) in [5.74, 6) is -2.88. The molecule has 1 aliphatic carbocycles. The van der Waals surface area contributed by atoms with Crippen LogP contribution in [0.2, 0.25) is 0 Å². The Kier molecular flexibility index (Phi) is 4.21. The van der Waals surface area contributed by atoms with E-state index in [1.54, 1.807) is 0 Å². The van der Waals surface area contributed by atoms with Crippen molar-refractivity contribution in [2.75, 3.05) is 5.32 Å². The van der Waals surface area contributed by atoms with E-state index in [9.17, 15) is 18.8 Å². The van der Waals surface area contributed by atoms with Crippen LogP contribution >= 0.6 is 0 Å². The smallest absolute Gasteiger partial charge is 0.326 e. The number of hydrogen-bond acceptors (Lipinski definition) is 3. The van der Waals surface area contributed by atoms with Crippen LogP contribution in [0.4, 0.5) is 10.1 Å². The standard InChI is InChI=1S/C14H15FN2O4/c1-7(18)16-11-6-9(4-5-10(11)15)13(19)17-12(14(20)21)8-2-3-8/h4-6,8,12H,2-3H2,1H3,(H,16,18)(H,17,19)(H,20,21). The summed E-state index contributed by atoms with van der Waals surface area (Å²) in [5.41, 5.74) is -0.0273. The van der Waals surface area contributed by atoms with Gasteiger partial charge in [0, 0.05) is 12.5 Å².